The number of hydrogen-bond acceptors (Lipinski definition) is 3. The molecule has 1 N–H and O–H groups in total. The van der Waals surface area contributed by atoms with Crippen molar-refractivity contribution in [3.8, 4) is 119 Å². The molecule has 0 saturated carbocycles. The second-order valence-corrected chi connectivity index (χ2v) is 4.66. The van der Waals surface area contributed by atoms with Crippen molar-refractivity contribution < 1.29 is 14.3 Å². The average molecular weight is 397 g/mol. The summed E-state index contributed by atoms with van der Waals surface area (Å²) >= 11 is 0. The average Bonchev–Trinajstić information content (AvgIpc) is 2.78. The van der Waals surface area contributed by atoms with Crippen molar-refractivity contribution in [2.24, 2.45) is 0 Å². The molecule has 0 aliphatic carbocycles. The van der Waals surface area contributed by atoms with Crippen LogP contribution in [0, 0.1) is 107 Å². The van der Waals surface area contributed by atoms with Gasteiger partial charge >= 0.3 is 5.91 Å². The van der Waals surface area contributed by atoms with E-state index in [2.05, 4.69) is 106 Å². The van der Waals surface area contributed by atoms with Gasteiger partial charge in [-0.1, -0.05) is 0 Å². The largest absolute Gasteiger partial charge is 0.497 e. The van der Waals surface area contributed by atoms with E-state index in [1.807, 2.05) is 0 Å². The van der Waals surface area contributed by atoms with Crippen molar-refractivity contribution in [2.75, 3.05) is 19.5 Å². The van der Waals surface area contributed by atoms with E-state index in [4.69, 9.17) is 15.9 Å². The Labute approximate surface area is 182 Å². The molecule has 31 heavy (non-hydrogen) atoms. The lowest BCUT2D eigenvalue weighted by atomic mass is 10.2. The molecule has 1 aromatic carbocycles. The Kier molecular flexibility index (Phi) is 11.6. The van der Waals surface area contributed by atoms with Crippen LogP contribution in [0.4, 0.5) is 5.69 Å². The molecule has 0 saturated heterocycles. The highest BCUT2D eigenvalue weighted by Crippen LogP contribution is 2.28. The number of methoxy groups -OCH3 is 2. The number of hydrogen-bond donors (Lipinski definition) is 1. The number of nitrogens with one attached hydrogen (secondary N) is 1. The van der Waals surface area contributed by atoms with Crippen molar-refractivity contribution in [3.05, 3.63) is 18.2 Å². The summed E-state index contributed by atoms with van der Waals surface area (Å²) in [4.78, 5) is 11.9. The van der Waals surface area contributed by atoms with E-state index in [1.165, 1.54) is 14.2 Å². The van der Waals surface area contributed by atoms with Crippen LogP contribution in [-0.2, 0) is 4.79 Å². The summed E-state index contributed by atoms with van der Waals surface area (Å²) in [6.45, 7) is 0. The van der Waals surface area contributed by atoms with E-state index < -0.39 is 5.91 Å². The minimum absolute atomic E-state index is 0.430. The molecule has 0 aliphatic rings. The molecule has 0 radical (unpaired) electrons. The summed E-state index contributed by atoms with van der Waals surface area (Å²) in [6, 6.07) is 4.99. The van der Waals surface area contributed by atoms with Crippen LogP contribution in [0.15, 0.2) is 18.2 Å². The number of amides is 1. The van der Waals surface area contributed by atoms with Crippen LogP contribution >= 0.6 is 0 Å². The molecular formula is C27H11NO3. The molecular weight excluding hydrogens is 386 g/mol. The smallest absolute Gasteiger partial charge is 0.301 e. The van der Waals surface area contributed by atoms with Crippen LogP contribution < -0.4 is 14.8 Å². The molecule has 1 aromatic rings. The molecule has 0 aliphatic heterocycles. The van der Waals surface area contributed by atoms with Crippen molar-refractivity contribution in [1.29, 1.82) is 0 Å². The van der Waals surface area contributed by atoms with Crippen LogP contribution in [0.5, 0.6) is 11.5 Å². The zero-order chi connectivity index (χ0) is 22.6. The standard InChI is InChI=1S/C27H11NO3/c1-4-5-6-7-8-9-10-11-12-13-14-15-16-17-18-19-20-27(29)28-25-23-24(30-2)21-22-26(25)31-3/h1,21-23H,2-3H3,(H,28,29). The third-order valence-corrected chi connectivity index (χ3v) is 2.78. The third-order valence-electron chi connectivity index (χ3n) is 2.78. The normalized spacial score (nSPS) is 6.35. The lowest BCUT2D eigenvalue weighted by Crippen LogP contribution is -2.09. The molecule has 0 fully saturated rings. The summed E-state index contributed by atoms with van der Waals surface area (Å²) in [6.07, 6.45) is 4.92. The van der Waals surface area contributed by atoms with Crippen LogP contribution in [0.1, 0.15) is 0 Å². The van der Waals surface area contributed by atoms with Gasteiger partial charge in [0.1, 0.15) is 11.5 Å². The van der Waals surface area contributed by atoms with E-state index in [0.29, 0.717) is 17.2 Å². The van der Waals surface area contributed by atoms with Gasteiger partial charge in [0.25, 0.3) is 0 Å². The molecule has 0 atom stereocenters. The third kappa shape index (κ3) is 10.9. The molecule has 1 rings (SSSR count). The first-order valence-corrected chi connectivity index (χ1v) is 8.21. The second kappa shape index (κ2) is 15.4. The van der Waals surface area contributed by atoms with E-state index in [1.54, 1.807) is 18.2 Å². The monoisotopic (exact) mass is 397 g/mol. The van der Waals surface area contributed by atoms with E-state index in [0.717, 1.165) is 0 Å². The van der Waals surface area contributed by atoms with Crippen LogP contribution in [-0.4, -0.2) is 20.1 Å². The van der Waals surface area contributed by atoms with Crippen molar-refractivity contribution in [1.82, 2.24) is 0 Å². The topological polar surface area (TPSA) is 47.6 Å². The van der Waals surface area contributed by atoms with Crippen molar-refractivity contribution in [3.63, 3.8) is 0 Å². The molecule has 4 heteroatoms. The van der Waals surface area contributed by atoms with Gasteiger partial charge in [-0.25, -0.2) is 0 Å². The Morgan fingerprint density at radius 1 is 0.742 bits per heavy atom. The van der Waals surface area contributed by atoms with Gasteiger partial charge in [0.15, 0.2) is 0 Å². The maximum atomic E-state index is 11.9. The van der Waals surface area contributed by atoms with E-state index in [-0.39, 0.29) is 0 Å². The summed E-state index contributed by atoms with van der Waals surface area (Å²) < 4.78 is 10.3. The first-order valence-electron chi connectivity index (χ1n) is 8.21. The van der Waals surface area contributed by atoms with Crippen LogP contribution in [0.3, 0.4) is 0 Å². The highest BCUT2D eigenvalue weighted by atomic mass is 16.5. The summed E-state index contributed by atoms with van der Waals surface area (Å²) in [5.74, 6) is 41.6. The molecule has 0 heterocycles. The van der Waals surface area contributed by atoms with Gasteiger partial charge in [0, 0.05) is 12.0 Å². The van der Waals surface area contributed by atoms with Crippen LogP contribution in [0.25, 0.3) is 0 Å². The van der Waals surface area contributed by atoms with Gasteiger partial charge in [-0.15, -0.1) is 6.42 Å². The van der Waals surface area contributed by atoms with E-state index in [9.17, 15) is 4.79 Å². The van der Waals surface area contributed by atoms with Gasteiger partial charge in [-0.2, -0.15) is 0 Å². The quantitative estimate of drug-likeness (QED) is 0.783. The number of carbonyl (C=O) groups excluding carboxylic acids is 1. The lowest BCUT2D eigenvalue weighted by molar-refractivity contribution is -0.111. The zero-order valence-electron chi connectivity index (χ0n) is 16.5. The predicted molar refractivity (Wildman–Crippen MR) is 119 cm³/mol. The molecule has 1 amide bonds. The fourth-order valence-corrected chi connectivity index (χ4v) is 1.60. The Morgan fingerprint density at radius 3 is 1.68 bits per heavy atom. The summed E-state index contributed by atoms with van der Waals surface area (Å²) in [7, 11) is 3.01. The molecule has 4 nitrogen and oxygen atoms in total. The molecule has 0 bridgehead atoms. The lowest BCUT2D eigenvalue weighted by Gasteiger charge is -2.09. The number of terminal acetylenes is 1. The number of ether oxygens (including phenoxy) is 2. The fraction of sp³-hybridized carbons (Fsp3) is 0.0741. The SMILES string of the molecule is C#CC#CC#CC#CC#CC#CC#CC#CC#CC(=O)Nc1cc(OC)ccc1OC. The van der Waals surface area contributed by atoms with Gasteiger partial charge < -0.3 is 14.8 Å². The van der Waals surface area contributed by atoms with Gasteiger partial charge in [0.2, 0.25) is 0 Å². The molecule has 142 valence electrons. The molecule has 0 spiro atoms. The maximum absolute atomic E-state index is 11.9. The molecule has 0 unspecified atom stereocenters. The Hall–Kier alpha value is -5.67. The Morgan fingerprint density at radius 2 is 1.23 bits per heavy atom. The van der Waals surface area contributed by atoms with E-state index >= 15 is 0 Å². The van der Waals surface area contributed by atoms with Gasteiger partial charge in [-0.3, -0.25) is 4.79 Å². The maximum Gasteiger partial charge on any atom is 0.301 e. The highest BCUT2D eigenvalue weighted by Gasteiger charge is 2.07. The van der Waals surface area contributed by atoms with Crippen LogP contribution in [0.2, 0.25) is 0 Å². The highest BCUT2D eigenvalue weighted by molar-refractivity contribution is 6.05. The number of benzene rings is 1. The predicted octanol–water partition coefficient (Wildman–Crippen LogP) is 1.30. The van der Waals surface area contributed by atoms with Crippen molar-refractivity contribution in [2.45, 2.75) is 0 Å². The molecule has 0 aromatic heterocycles. The second-order valence-electron chi connectivity index (χ2n) is 4.66. The minimum Gasteiger partial charge on any atom is -0.497 e. The first kappa shape index (κ1) is 23.4. The fourth-order valence-electron chi connectivity index (χ4n) is 1.60. The number of anilines is 1. The zero-order valence-corrected chi connectivity index (χ0v) is 16.5. The van der Waals surface area contributed by atoms with Gasteiger partial charge in [0.05, 0.1) is 19.9 Å². The Bertz CT molecular complexity index is 1400. The number of carbonyl (C=O) groups is 1. The number of rotatable bonds is 3. The first-order chi connectivity index (χ1) is 15.2. The minimum atomic E-state index is -0.558. The van der Waals surface area contributed by atoms with Crippen molar-refractivity contribution >= 4 is 11.6 Å². The summed E-state index contributed by atoms with van der Waals surface area (Å²) in [5, 5.41) is 2.60. The van der Waals surface area contributed by atoms with Gasteiger partial charge in [-0.05, 0) is 107 Å². The Balaban J connectivity index is 2.59. The summed E-state index contributed by atoms with van der Waals surface area (Å²) in [5.41, 5.74) is 0.430.